The second-order valence-electron chi connectivity index (χ2n) is 5.38. The molecule has 0 atom stereocenters. The third-order valence-corrected chi connectivity index (χ3v) is 3.82. The molecule has 2 aromatic rings. The molecule has 1 N–H and O–H groups in total. The number of nitrogens with zero attached hydrogens (tertiary/aromatic N) is 3. The van der Waals surface area contributed by atoms with Crippen LogP contribution < -0.4 is 5.32 Å². The molecule has 0 unspecified atom stereocenters. The molecule has 2 heterocycles. The standard InChI is InChI=1S/C17H20N4O2/c1-2-13-3-5-14(6-4-13)18-16-8-7-15(19-20-16)17(22)21-9-11-23-12-10-21/h3-8H,2,9-12H2,1H3,(H,18,20). The zero-order valence-electron chi connectivity index (χ0n) is 13.2. The number of benzene rings is 1. The average molecular weight is 312 g/mol. The molecule has 1 aliphatic rings. The largest absolute Gasteiger partial charge is 0.378 e. The number of morpholine rings is 1. The van der Waals surface area contributed by atoms with Crippen LogP contribution in [0.5, 0.6) is 0 Å². The first kappa shape index (κ1) is 15.4. The molecule has 0 aliphatic carbocycles. The molecule has 1 amide bonds. The van der Waals surface area contributed by atoms with Crippen LogP contribution in [0.3, 0.4) is 0 Å². The van der Waals surface area contributed by atoms with Crippen LogP contribution in [-0.4, -0.2) is 47.3 Å². The first-order valence-electron chi connectivity index (χ1n) is 7.83. The van der Waals surface area contributed by atoms with Gasteiger partial charge in [0, 0.05) is 18.8 Å². The fourth-order valence-electron chi connectivity index (χ4n) is 2.41. The summed E-state index contributed by atoms with van der Waals surface area (Å²) in [6.45, 7) is 4.48. The number of ether oxygens (including phenoxy) is 1. The Balaban J connectivity index is 1.65. The SMILES string of the molecule is CCc1ccc(Nc2ccc(C(=O)N3CCOCC3)nn2)cc1. The van der Waals surface area contributed by atoms with E-state index in [-0.39, 0.29) is 5.91 Å². The topological polar surface area (TPSA) is 67.4 Å². The van der Waals surface area contributed by atoms with Gasteiger partial charge in [0.05, 0.1) is 13.2 Å². The van der Waals surface area contributed by atoms with E-state index in [2.05, 4.69) is 34.6 Å². The van der Waals surface area contributed by atoms with Crippen molar-refractivity contribution in [3.8, 4) is 0 Å². The fourth-order valence-corrected chi connectivity index (χ4v) is 2.41. The molecule has 0 saturated carbocycles. The summed E-state index contributed by atoms with van der Waals surface area (Å²) in [5.41, 5.74) is 2.59. The molecule has 1 aromatic heterocycles. The van der Waals surface area contributed by atoms with Crippen molar-refractivity contribution in [1.82, 2.24) is 15.1 Å². The summed E-state index contributed by atoms with van der Waals surface area (Å²) in [7, 11) is 0. The van der Waals surface area contributed by atoms with E-state index >= 15 is 0 Å². The Morgan fingerprint density at radius 1 is 1.13 bits per heavy atom. The molecule has 0 spiro atoms. The lowest BCUT2D eigenvalue weighted by Gasteiger charge is -2.26. The van der Waals surface area contributed by atoms with E-state index in [0.717, 1.165) is 12.1 Å². The number of aromatic nitrogens is 2. The van der Waals surface area contributed by atoms with Gasteiger partial charge in [0.15, 0.2) is 11.5 Å². The fraction of sp³-hybridized carbons (Fsp3) is 0.353. The van der Waals surface area contributed by atoms with Gasteiger partial charge in [-0.1, -0.05) is 19.1 Å². The Kier molecular flexibility index (Phi) is 4.83. The normalized spacial score (nSPS) is 14.6. The van der Waals surface area contributed by atoms with Gasteiger partial charge in [-0.05, 0) is 36.2 Å². The van der Waals surface area contributed by atoms with Crippen LogP contribution in [0, 0.1) is 0 Å². The Labute approximate surface area is 135 Å². The first-order chi connectivity index (χ1) is 11.3. The zero-order valence-corrected chi connectivity index (χ0v) is 13.2. The summed E-state index contributed by atoms with van der Waals surface area (Å²) >= 11 is 0. The van der Waals surface area contributed by atoms with Gasteiger partial charge in [0.25, 0.3) is 5.91 Å². The first-order valence-corrected chi connectivity index (χ1v) is 7.83. The number of nitrogens with one attached hydrogen (secondary N) is 1. The molecule has 6 heteroatoms. The average Bonchev–Trinajstić information content (AvgIpc) is 2.63. The van der Waals surface area contributed by atoms with Gasteiger partial charge >= 0.3 is 0 Å². The lowest BCUT2D eigenvalue weighted by Crippen LogP contribution is -2.41. The van der Waals surface area contributed by atoms with E-state index in [0.29, 0.717) is 37.8 Å². The summed E-state index contributed by atoms with van der Waals surface area (Å²) in [5.74, 6) is 0.521. The van der Waals surface area contributed by atoms with Crippen LogP contribution in [0.4, 0.5) is 11.5 Å². The van der Waals surface area contributed by atoms with Crippen molar-refractivity contribution >= 4 is 17.4 Å². The minimum Gasteiger partial charge on any atom is -0.378 e. The van der Waals surface area contributed by atoms with Crippen molar-refractivity contribution in [2.75, 3.05) is 31.6 Å². The third kappa shape index (κ3) is 3.84. The Morgan fingerprint density at radius 3 is 2.48 bits per heavy atom. The van der Waals surface area contributed by atoms with Gasteiger partial charge in [-0.3, -0.25) is 4.79 Å². The van der Waals surface area contributed by atoms with Crippen molar-refractivity contribution < 1.29 is 9.53 Å². The van der Waals surface area contributed by atoms with Gasteiger partial charge in [-0.2, -0.15) is 0 Å². The van der Waals surface area contributed by atoms with Crippen molar-refractivity contribution in [2.45, 2.75) is 13.3 Å². The molecule has 1 aliphatic heterocycles. The minimum absolute atomic E-state index is 0.0975. The van der Waals surface area contributed by atoms with Gasteiger partial charge in [0.2, 0.25) is 0 Å². The summed E-state index contributed by atoms with van der Waals surface area (Å²) in [6.07, 6.45) is 1.01. The lowest BCUT2D eigenvalue weighted by molar-refractivity contribution is 0.0298. The number of rotatable bonds is 4. The highest BCUT2D eigenvalue weighted by Gasteiger charge is 2.19. The third-order valence-electron chi connectivity index (χ3n) is 3.82. The van der Waals surface area contributed by atoms with Gasteiger partial charge < -0.3 is 15.0 Å². The smallest absolute Gasteiger partial charge is 0.274 e. The summed E-state index contributed by atoms with van der Waals surface area (Å²) in [5, 5.41) is 11.3. The lowest BCUT2D eigenvalue weighted by atomic mass is 10.1. The van der Waals surface area contributed by atoms with E-state index in [1.165, 1.54) is 5.56 Å². The highest BCUT2D eigenvalue weighted by molar-refractivity contribution is 5.92. The van der Waals surface area contributed by atoms with Gasteiger partial charge in [-0.25, -0.2) is 0 Å². The van der Waals surface area contributed by atoms with E-state index in [1.807, 2.05) is 12.1 Å². The highest BCUT2D eigenvalue weighted by Crippen LogP contribution is 2.15. The van der Waals surface area contributed by atoms with Crippen LogP contribution in [0.1, 0.15) is 23.0 Å². The number of amides is 1. The number of hydrogen-bond acceptors (Lipinski definition) is 5. The van der Waals surface area contributed by atoms with E-state index < -0.39 is 0 Å². The maximum absolute atomic E-state index is 12.3. The number of aryl methyl sites for hydroxylation is 1. The van der Waals surface area contributed by atoms with Crippen LogP contribution in [0.2, 0.25) is 0 Å². The number of anilines is 2. The summed E-state index contributed by atoms with van der Waals surface area (Å²) < 4.78 is 5.25. The predicted octanol–water partition coefficient (Wildman–Crippen LogP) is 2.25. The molecule has 1 saturated heterocycles. The van der Waals surface area contributed by atoms with Crippen molar-refractivity contribution in [3.63, 3.8) is 0 Å². The van der Waals surface area contributed by atoms with Crippen LogP contribution in [0.15, 0.2) is 36.4 Å². The molecule has 0 radical (unpaired) electrons. The number of carbonyl (C=O) groups is 1. The summed E-state index contributed by atoms with van der Waals surface area (Å²) in [6, 6.07) is 11.6. The molecular weight excluding hydrogens is 292 g/mol. The monoisotopic (exact) mass is 312 g/mol. The molecule has 1 aromatic carbocycles. The predicted molar refractivity (Wildman–Crippen MR) is 87.9 cm³/mol. The second-order valence-corrected chi connectivity index (χ2v) is 5.38. The molecule has 120 valence electrons. The van der Waals surface area contributed by atoms with Crippen molar-refractivity contribution in [3.05, 3.63) is 47.7 Å². The Bertz CT molecular complexity index is 649. The Hall–Kier alpha value is -2.47. The number of carbonyl (C=O) groups excluding carboxylic acids is 1. The zero-order chi connectivity index (χ0) is 16.1. The molecule has 1 fully saturated rings. The molecule has 6 nitrogen and oxygen atoms in total. The van der Waals surface area contributed by atoms with E-state index in [4.69, 9.17) is 4.74 Å². The van der Waals surface area contributed by atoms with Gasteiger partial charge in [-0.15, -0.1) is 10.2 Å². The van der Waals surface area contributed by atoms with Crippen LogP contribution in [-0.2, 0) is 11.2 Å². The van der Waals surface area contributed by atoms with Crippen molar-refractivity contribution in [2.24, 2.45) is 0 Å². The summed E-state index contributed by atoms with van der Waals surface area (Å²) in [4.78, 5) is 14.0. The van der Waals surface area contributed by atoms with Crippen molar-refractivity contribution in [1.29, 1.82) is 0 Å². The maximum atomic E-state index is 12.3. The molecule has 3 rings (SSSR count). The van der Waals surface area contributed by atoms with E-state index in [1.54, 1.807) is 17.0 Å². The van der Waals surface area contributed by atoms with Crippen LogP contribution >= 0.6 is 0 Å². The second kappa shape index (κ2) is 7.19. The molecule has 0 bridgehead atoms. The Morgan fingerprint density at radius 2 is 1.87 bits per heavy atom. The maximum Gasteiger partial charge on any atom is 0.274 e. The number of hydrogen-bond donors (Lipinski definition) is 1. The van der Waals surface area contributed by atoms with Crippen LogP contribution in [0.25, 0.3) is 0 Å². The van der Waals surface area contributed by atoms with Gasteiger partial charge in [0.1, 0.15) is 0 Å². The molecular formula is C17H20N4O2. The minimum atomic E-state index is -0.0975. The molecule has 23 heavy (non-hydrogen) atoms. The van der Waals surface area contributed by atoms with E-state index in [9.17, 15) is 4.79 Å². The quantitative estimate of drug-likeness (QED) is 0.938. The highest BCUT2D eigenvalue weighted by atomic mass is 16.5.